The van der Waals surface area contributed by atoms with Gasteiger partial charge in [-0.1, -0.05) is 0 Å². The number of hydrogen-bond acceptors (Lipinski definition) is 8. The zero-order valence-electron chi connectivity index (χ0n) is 18.7. The summed E-state index contributed by atoms with van der Waals surface area (Å²) in [6.45, 7) is 6.03. The molecule has 0 aliphatic heterocycles. The number of hydrogen-bond donors (Lipinski definition) is 1. The van der Waals surface area contributed by atoms with Crippen molar-refractivity contribution < 1.29 is 9.53 Å². The van der Waals surface area contributed by atoms with Crippen LogP contribution in [0, 0.1) is 25.2 Å². The standard InChI is InChI=1S/C23H25N7O2/c1-6-32-21(31)16-7-9-19(10-8-16)30-14(2)11-17(15(30)3)12-18(13-24)20-26-22(25)28-23(27-20)29(4)5/h7-12H,6H2,1-5H3,(H2,25,26,27,28)/b18-12+. The van der Waals surface area contributed by atoms with Crippen molar-refractivity contribution in [3.63, 3.8) is 0 Å². The minimum atomic E-state index is -0.351. The predicted molar refractivity (Wildman–Crippen MR) is 123 cm³/mol. The number of carbonyl (C=O) groups excluding carboxylic acids is 1. The van der Waals surface area contributed by atoms with Gasteiger partial charge in [0.1, 0.15) is 6.07 Å². The van der Waals surface area contributed by atoms with E-state index < -0.39 is 0 Å². The van der Waals surface area contributed by atoms with E-state index in [1.165, 1.54) is 0 Å². The van der Waals surface area contributed by atoms with Crippen LogP contribution in [0.25, 0.3) is 17.3 Å². The van der Waals surface area contributed by atoms with Gasteiger partial charge < -0.3 is 19.9 Å². The molecule has 0 saturated carbocycles. The number of nitrogen functional groups attached to an aromatic ring is 1. The van der Waals surface area contributed by atoms with E-state index in [1.807, 2.05) is 36.6 Å². The Balaban J connectivity index is 2.01. The van der Waals surface area contributed by atoms with E-state index in [2.05, 4.69) is 21.0 Å². The number of nitrogens with two attached hydrogens (primary N) is 1. The molecule has 0 fully saturated rings. The number of benzene rings is 1. The van der Waals surface area contributed by atoms with E-state index in [0.29, 0.717) is 18.1 Å². The van der Waals surface area contributed by atoms with Crippen LogP contribution in [0.15, 0.2) is 30.3 Å². The zero-order valence-corrected chi connectivity index (χ0v) is 18.7. The van der Waals surface area contributed by atoms with E-state index in [1.54, 1.807) is 44.1 Å². The fourth-order valence-corrected chi connectivity index (χ4v) is 3.30. The van der Waals surface area contributed by atoms with Crippen molar-refractivity contribution in [2.45, 2.75) is 20.8 Å². The lowest BCUT2D eigenvalue weighted by Gasteiger charge is -2.11. The van der Waals surface area contributed by atoms with E-state index in [9.17, 15) is 10.1 Å². The first-order chi connectivity index (χ1) is 15.2. The number of aryl methyl sites for hydroxylation is 1. The molecule has 0 radical (unpaired) electrons. The first kappa shape index (κ1) is 22.5. The highest BCUT2D eigenvalue weighted by Crippen LogP contribution is 2.25. The summed E-state index contributed by atoms with van der Waals surface area (Å²) in [7, 11) is 3.57. The molecular formula is C23H25N7O2. The first-order valence-corrected chi connectivity index (χ1v) is 10.0. The maximum atomic E-state index is 11.9. The summed E-state index contributed by atoms with van der Waals surface area (Å²) in [5.74, 6) is 0.288. The SMILES string of the molecule is CCOC(=O)c1ccc(-n2c(C)cc(/C=C(\C#N)c3nc(N)nc(N(C)C)n3)c2C)cc1. The summed E-state index contributed by atoms with van der Waals surface area (Å²) in [4.78, 5) is 26.2. The van der Waals surface area contributed by atoms with Crippen molar-refractivity contribution in [1.82, 2.24) is 19.5 Å². The van der Waals surface area contributed by atoms with E-state index in [-0.39, 0.29) is 23.3 Å². The molecule has 0 bridgehead atoms. The molecule has 2 aromatic heterocycles. The van der Waals surface area contributed by atoms with E-state index >= 15 is 0 Å². The van der Waals surface area contributed by atoms with Crippen molar-refractivity contribution in [3.8, 4) is 11.8 Å². The van der Waals surface area contributed by atoms with Gasteiger partial charge in [0.25, 0.3) is 0 Å². The topological polar surface area (TPSA) is 123 Å². The van der Waals surface area contributed by atoms with Crippen LogP contribution < -0.4 is 10.6 Å². The van der Waals surface area contributed by atoms with Crippen LogP contribution in [0.5, 0.6) is 0 Å². The van der Waals surface area contributed by atoms with Gasteiger partial charge in [-0.15, -0.1) is 0 Å². The van der Waals surface area contributed by atoms with Crippen molar-refractivity contribution in [2.24, 2.45) is 0 Å². The van der Waals surface area contributed by atoms with Crippen molar-refractivity contribution in [3.05, 3.63) is 58.7 Å². The van der Waals surface area contributed by atoms with Crippen LogP contribution >= 0.6 is 0 Å². The van der Waals surface area contributed by atoms with Crippen LogP contribution in [0.3, 0.4) is 0 Å². The average Bonchev–Trinajstić information content (AvgIpc) is 3.04. The Labute approximate surface area is 186 Å². The molecule has 3 rings (SSSR count). The normalized spacial score (nSPS) is 11.2. The van der Waals surface area contributed by atoms with Gasteiger partial charge in [-0.2, -0.15) is 20.2 Å². The lowest BCUT2D eigenvalue weighted by molar-refractivity contribution is 0.0526. The Morgan fingerprint density at radius 1 is 1.22 bits per heavy atom. The number of ether oxygens (including phenoxy) is 1. The van der Waals surface area contributed by atoms with Gasteiger partial charge in [-0.3, -0.25) is 0 Å². The number of rotatable bonds is 6. The first-order valence-electron chi connectivity index (χ1n) is 10.0. The van der Waals surface area contributed by atoms with Crippen LogP contribution in [-0.2, 0) is 4.74 Å². The average molecular weight is 432 g/mol. The summed E-state index contributed by atoms with van der Waals surface area (Å²) < 4.78 is 7.09. The van der Waals surface area contributed by atoms with Gasteiger partial charge in [-0.25, -0.2) is 4.79 Å². The number of aromatic nitrogens is 4. The Hall–Kier alpha value is -4.19. The molecule has 0 aliphatic carbocycles. The van der Waals surface area contributed by atoms with Crippen molar-refractivity contribution in [2.75, 3.05) is 31.3 Å². The highest BCUT2D eigenvalue weighted by atomic mass is 16.5. The maximum Gasteiger partial charge on any atom is 0.338 e. The summed E-state index contributed by atoms with van der Waals surface area (Å²) in [5.41, 5.74) is 10.2. The zero-order chi connectivity index (χ0) is 23.4. The summed E-state index contributed by atoms with van der Waals surface area (Å²) in [6.07, 6.45) is 1.74. The van der Waals surface area contributed by atoms with Gasteiger partial charge in [-0.05, 0) is 62.7 Å². The second kappa shape index (κ2) is 9.31. The second-order valence-electron chi connectivity index (χ2n) is 7.31. The minimum Gasteiger partial charge on any atom is -0.462 e. The molecule has 164 valence electrons. The molecule has 0 atom stereocenters. The number of anilines is 2. The fourth-order valence-electron chi connectivity index (χ4n) is 3.30. The van der Waals surface area contributed by atoms with E-state index in [4.69, 9.17) is 10.5 Å². The monoisotopic (exact) mass is 431 g/mol. The lowest BCUT2D eigenvalue weighted by Crippen LogP contribution is -2.15. The molecule has 2 N–H and O–H groups in total. The quantitative estimate of drug-likeness (QED) is 0.466. The predicted octanol–water partition coefficient (Wildman–Crippen LogP) is 3.17. The van der Waals surface area contributed by atoms with Crippen molar-refractivity contribution in [1.29, 1.82) is 5.26 Å². The molecule has 9 heteroatoms. The molecule has 3 aromatic rings. The van der Waals surface area contributed by atoms with Crippen LogP contribution in [0.1, 0.15) is 40.1 Å². The Morgan fingerprint density at radius 2 is 1.91 bits per heavy atom. The fraction of sp³-hybridized carbons (Fsp3) is 0.261. The number of nitriles is 1. The lowest BCUT2D eigenvalue weighted by atomic mass is 10.1. The number of nitrogens with zero attached hydrogens (tertiary/aromatic N) is 6. The van der Waals surface area contributed by atoms with Gasteiger partial charge in [0.2, 0.25) is 11.9 Å². The van der Waals surface area contributed by atoms with Gasteiger partial charge >= 0.3 is 5.97 Å². The van der Waals surface area contributed by atoms with E-state index in [0.717, 1.165) is 22.6 Å². The van der Waals surface area contributed by atoms with Crippen molar-refractivity contribution >= 4 is 29.5 Å². The Bertz CT molecular complexity index is 1220. The third-order valence-electron chi connectivity index (χ3n) is 4.81. The molecule has 0 spiro atoms. The number of carbonyl (C=O) groups is 1. The maximum absolute atomic E-state index is 11.9. The molecule has 0 unspecified atom stereocenters. The number of esters is 1. The molecule has 32 heavy (non-hydrogen) atoms. The van der Waals surface area contributed by atoms with Gasteiger partial charge in [0.15, 0.2) is 5.82 Å². The molecule has 0 aliphatic rings. The van der Waals surface area contributed by atoms with Gasteiger partial charge in [0.05, 0.1) is 17.7 Å². The Morgan fingerprint density at radius 3 is 2.50 bits per heavy atom. The molecule has 2 heterocycles. The summed E-state index contributed by atoms with van der Waals surface area (Å²) >= 11 is 0. The highest BCUT2D eigenvalue weighted by molar-refractivity contribution is 5.90. The van der Waals surface area contributed by atoms with Gasteiger partial charge in [0, 0.05) is 31.2 Å². The minimum absolute atomic E-state index is 0.0482. The molecule has 1 aromatic carbocycles. The molecule has 0 amide bonds. The third-order valence-corrected chi connectivity index (χ3v) is 4.81. The summed E-state index contributed by atoms with van der Waals surface area (Å²) in [5, 5.41) is 9.75. The number of allylic oxidation sites excluding steroid dienone is 1. The third kappa shape index (κ3) is 4.59. The summed E-state index contributed by atoms with van der Waals surface area (Å²) in [6, 6.07) is 11.3. The largest absolute Gasteiger partial charge is 0.462 e. The second-order valence-corrected chi connectivity index (χ2v) is 7.31. The molecule has 0 saturated heterocycles. The molecule has 9 nitrogen and oxygen atoms in total. The van der Waals surface area contributed by atoms with Crippen LogP contribution in [0.4, 0.5) is 11.9 Å². The van der Waals surface area contributed by atoms with Crippen LogP contribution in [-0.4, -0.2) is 46.2 Å². The molecular weight excluding hydrogens is 406 g/mol. The highest BCUT2D eigenvalue weighted by Gasteiger charge is 2.15. The Kier molecular flexibility index (Phi) is 6.54. The van der Waals surface area contributed by atoms with Crippen LogP contribution in [0.2, 0.25) is 0 Å². The smallest absolute Gasteiger partial charge is 0.338 e.